The monoisotopic (exact) mass is 578 g/mol. The van der Waals surface area contributed by atoms with Crippen molar-refractivity contribution >= 4 is 11.8 Å². The van der Waals surface area contributed by atoms with Crippen molar-refractivity contribution in [1.29, 1.82) is 0 Å². The average molecular weight is 579 g/mol. The van der Waals surface area contributed by atoms with Crippen LogP contribution in [0.4, 0.5) is 0 Å². The Balaban J connectivity index is 1.60. The van der Waals surface area contributed by atoms with Gasteiger partial charge >= 0.3 is 0 Å². The van der Waals surface area contributed by atoms with Crippen LogP contribution in [0.15, 0.2) is 121 Å². The van der Waals surface area contributed by atoms with Gasteiger partial charge < -0.3 is 20.8 Å². The number of hydrogen-bond donors (Lipinski definition) is 4. The second kappa shape index (κ2) is 13.8. The Hall–Kier alpha value is -4.26. The van der Waals surface area contributed by atoms with E-state index in [2.05, 4.69) is 10.6 Å². The summed E-state index contributed by atoms with van der Waals surface area (Å²) in [6, 6.07) is 35.5. The third-order valence-electron chi connectivity index (χ3n) is 8.04. The SMILES string of the molecule is CC(C)[C@@H](NC(=O)CC(=O)N[C@H](C(C)C)C(O)(c1ccccc1)c1ccccc1)C(O)(c1ccccc1)c1ccccc1. The minimum Gasteiger partial charge on any atom is -0.378 e. The molecule has 0 aliphatic rings. The molecule has 2 amide bonds. The van der Waals surface area contributed by atoms with Crippen LogP contribution in [-0.2, 0) is 20.8 Å². The zero-order chi connectivity index (χ0) is 31.0. The average Bonchev–Trinajstić information content (AvgIpc) is 3.03. The van der Waals surface area contributed by atoms with E-state index in [-0.39, 0.29) is 11.8 Å². The van der Waals surface area contributed by atoms with Crippen molar-refractivity contribution in [2.45, 2.75) is 57.4 Å². The zero-order valence-electron chi connectivity index (χ0n) is 25.3. The number of rotatable bonds is 12. The molecule has 4 rings (SSSR count). The summed E-state index contributed by atoms with van der Waals surface area (Å²) in [6.45, 7) is 7.71. The highest BCUT2D eigenvalue weighted by Gasteiger charge is 2.44. The molecule has 2 atom stereocenters. The van der Waals surface area contributed by atoms with Gasteiger partial charge in [-0.05, 0) is 34.1 Å². The second-order valence-electron chi connectivity index (χ2n) is 11.8. The summed E-state index contributed by atoms with van der Waals surface area (Å²) >= 11 is 0. The molecule has 0 bridgehead atoms. The normalized spacial score (nSPS) is 13.4. The predicted molar refractivity (Wildman–Crippen MR) is 170 cm³/mol. The van der Waals surface area contributed by atoms with Crippen LogP contribution in [0.3, 0.4) is 0 Å². The first kappa shape index (κ1) is 31.7. The lowest BCUT2D eigenvalue weighted by Crippen LogP contribution is -2.56. The van der Waals surface area contributed by atoms with Crippen LogP contribution in [-0.4, -0.2) is 34.1 Å². The van der Waals surface area contributed by atoms with E-state index in [1.54, 1.807) is 0 Å². The first-order valence-corrected chi connectivity index (χ1v) is 14.8. The summed E-state index contributed by atoms with van der Waals surface area (Å²) in [7, 11) is 0. The standard InChI is InChI=1S/C37H42N2O4/c1-26(2)34(36(42,28-17-9-5-10-18-28)29-19-11-6-12-20-29)38-32(40)25-33(41)39-35(27(3)4)37(43,30-21-13-7-14-22-30)31-23-15-8-16-24-31/h5-24,26-27,34-35,42-43H,25H2,1-4H3,(H,38,40)(H,39,41)/t34-,35-/m1/s1. The molecule has 0 aromatic heterocycles. The van der Waals surface area contributed by atoms with Gasteiger partial charge in [0.15, 0.2) is 0 Å². The number of aliphatic hydroxyl groups is 2. The molecule has 0 aliphatic carbocycles. The summed E-state index contributed by atoms with van der Waals surface area (Å²) in [5.74, 6) is -1.40. The number of carbonyl (C=O) groups is 2. The molecular formula is C37H42N2O4. The van der Waals surface area contributed by atoms with E-state index in [1.807, 2.05) is 149 Å². The maximum Gasteiger partial charge on any atom is 0.229 e. The number of benzene rings is 4. The van der Waals surface area contributed by atoms with Gasteiger partial charge in [0.05, 0.1) is 12.1 Å². The molecule has 0 spiro atoms. The molecule has 0 fully saturated rings. The van der Waals surface area contributed by atoms with E-state index in [1.165, 1.54) is 0 Å². The molecule has 4 aromatic rings. The Kier molecular flexibility index (Phi) is 10.2. The smallest absolute Gasteiger partial charge is 0.229 e. The van der Waals surface area contributed by atoms with Gasteiger partial charge in [-0.3, -0.25) is 9.59 Å². The van der Waals surface area contributed by atoms with Gasteiger partial charge in [0.2, 0.25) is 11.8 Å². The third kappa shape index (κ3) is 6.87. The van der Waals surface area contributed by atoms with E-state index >= 15 is 0 Å². The Bertz CT molecular complexity index is 1270. The summed E-state index contributed by atoms with van der Waals surface area (Å²) in [6.07, 6.45) is -0.467. The van der Waals surface area contributed by atoms with Crippen LogP contribution >= 0.6 is 0 Å². The molecule has 6 nitrogen and oxygen atoms in total. The lowest BCUT2D eigenvalue weighted by molar-refractivity contribution is -0.133. The molecule has 0 saturated carbocycles. The van der Waals surface area contributed by atoms with Gasteiger partial charge in [-0.2, -0.15) is 0 Å². The lowest BCUT2D eigenvalue weighted by Gasteiger charge is -2.41. The highest BCUT2D eigenvalue weighted by atomic mass is 16.3. The Labute approximate surface area is 254 Å². The Morgan fingerprint density at radius 3 is 0.953 bits per heavy atom. The van der Waals surface area contributed by atoms with Crippen molar-refractivity contribution in [3.63, 3.8) is 0 Å². The molecule has 4 N–H and O–H groups in total. The first-order chi connectivity index (χ1) is 20.6. The van der Waals surface area contributed by atoms with E-state index in [0.29, 0.717) is 22.3 Å². The highest BCUT2D eigenvalue weighted by molar-refractivity contribution is 5.97. The minimum atomic E-state index is -1.54. The molecule has 4 aromatic carbocycles. The van der Waals surface area contributed by atoms with Crippen molar-refractivity contribution in [2.75, 3.05) is 0 Å². The number of carbonyl (C=O) groups excluding carboxylic acids is 2. The van der Waals surface area contributed by atoms with Gasteiger partial charge in [0.1, 0.15) is 17.6 Å². The van der Waals surface area contributed by atoms with Crippen molar-refractivity contribution in [3.8, 4) is 0 Å². The van der Waals surface area contributed by atoms with Crippen molar-refractivity contribution in [1.82, 2.24) is 10.6 Å². The third-order valence-corrected chi connectivity index (χ3v) is 8.04. The van der Waals surface area contributed by atoms with Crippen molar-refractivity contribution < 1.29 is 19.8 Å². The van der Waals surface area contributed by atoms with Crippen LogP contribution in [0.1, 0.15) is 56.4 Å². The molecule has 6 heteroatoms. The summed E-state index contributed by atoms with van der Waals surface area (Å²) < 4.78 is 0. The largest absolute Gasteiger partial charge is 0.378 e. The molecule has 0 saturated heterocycles. The molecule has 0 radical (unpaired) electrons. The van der Waals surface area contributed by atoms with Crippen molar-refractivity contribution in [3.05, 3.63) is 144 Å². The Morgan fingerprint density at radius 1 is 0.512 bits per heavy atom. The topological polar surface area (TPSA) is 98.7 Å². The molecule has 0 aliphatic heterocycles. The number of hydrogen-bond acceptors (Lipinski definition) is 4. The van der Waals surface area contributed by atoms with E-state index < -0.39 is 41.5 Å². The summed E-state index contributed by atoms with van der Waals surface area (Å²) in [4.78, 5) is 26.9. The molecular weight excluding hydrogens is 536 g/mol. The van der Waals surface area contributed by atoms with Crippen molar-refractivity contribution in [2.24, 2.45) is 11.8 Å². The molecule has 43 heavy (non-hydrogen) atoms. The van der Waals surface area contributed by atoms with Gasteiger partial charge in [0, 0.05) is 0 Å². The predicted octanol–water partition coefficient (Wildman–Crippen LogP) is 5.53. The van der Waals surface area contributed by atoms with Crippen LogP contribution in [0.5, 0.6) is 0 Å². The fourth-order valence-corrected chi connectivity index (χ4v) is 5.92. The fourth-order valence-electron chi connectivity index (χ4n) is 5.92. The summed E-state index contributed by atoms with van der Waals surface area (Å²) in [5.41, 5.74) is -0.518. The van der Waals surface area contributed by atoms with Crippen LogP contribution in [0.25, 0.3) is 0 Å². The zero-order valence-corrected chi connectivity index (χ0v) is 25.3. The van der Waals surface area contributed by atoms with Gasteiger partial charge in [-0.15, -0.1) is 0 Å². The lowest BCUT2D eigenvalue weighted by atomic mass is 9.75. The van der Waals surface area contributed by atoms with E-state index in [0.717, 1.165) is 0 Å². The maximum atomic E-state index is 13.5. The quantitative estimate of drug-likeness (QED) is 0.166. The van der Waals surface area contributed by atoms with E-state index in [9.17, 15) is 19.8 Å². The fraction of sp³-hybridized carbons (Fsp3) is 0.297. The van der Waals surface area contributed by atoms with Gasteiger partial charge in [-0.25, -0.2) is 0 Å². The van der Waals surface area contributed by atoms with Crippen LogP contribution < -0.4 is 10.6 Å². The van der Waals surface area contributed by atoms with Gasteiger partial charge in [-0.1, -0.05) is 149 Å². The Morgan fingerprint density at radius 2 is 0.744 bits per heavy atom. The molecule has 224 valence electrons. The second-order valence-corrected chi connectivity index (χ2v) is 11.8. The first-order valence-electron chi connectivity index (χ1n) is 14.8. The maximum absolute atomic E-state index is 13.5. The van der Waals surface area contributed by atoms with Crippen LogP contribution in [0.2, 0.25) is 0 Å². The number of amides is 2. The highest BCUT2D eigenvalue weighted by Crippen LogP contribution is 2.37. The molecule has 0 unspecified atom stereocenters. The van der Waals surface area contributed by atoms with Gasteiger partial charge in [0.25, 0.3) is 0 Å². The van der Waals surface area contributed by atoms with Crippen LogP contribution in [0, 0.1) is 11.8 Å². The number of nitrogens with one attached hydrogen (secondary N) is 2. The molecule has 0 heterocycles. The summed E-state index contributed by atoms with van der Waals surface area (Å²) in [5, 5.41) is 30.5. The minimum absolute atomic E-state index is 0.179. The van der Waals surface area contributed by atoms with E-state index in [4.69, 9.17) is 0 Å².